The first kappa shape index (κ1) is 10.7. The Balaban J connectivity index is 2.89. The summed E-state index contributed by atoms with van der Waals surface area (Å²) in [7, 11) is 0. The minimum atomic E-state index is -0.541. The Hall–Kier alpha value is -1.42. The maximum absolute atomic E-state index is 13.2. The number of nitrogens with one attached hydrogen (secondary N) is 1. The molecule has 1 amide bonds. The summed E-state index contributed by atoms with van der Waals surface area (Å²) in [5, 5.41) is 10.9. The lowest BCUT2D eigenvalue weighted by Gasteiger charge is -2.06. The zero-order valence-electron chi connectivity index (χ0n) is 7.88. The number of benzene rings is 1. The lowest BCUT2D eigenvalue weighted by molar-refractivity contribution is 0.0940. The molecule has 0 aliphatic heterocycles. The standard InChI is InChI=1S/C10H12FNO2/c1-7-3-2-4-8(11)9(7)10(14)12-5-6-13/h2-4,13H,5-6H2,1H3,(H,12,14). The molecule has 1 rings (SSSR count). The monoisotopic (exact) mass is 197 g/mol. The first-order valence-electron chi connectivity index (χ1n) is 4.31. The van der Waals surface area contributed by atoms with Gasteiger partial charge in [0.2, 0.25) is 0 Å². The highest BCUT2D eigenvalue weighted by Crippen LogP contribution is 2.11. The zero-order chi connectivity index (χ0) is 10.6. The van der Waals surface area contributed by atoms with Crippen LogP contribution in [0.25, 0.3) is 0 Å². The summed E-state index contributed by atoms with van der Waals surface area (Å²) >= 11 is 0. The van der Waals surface area contributed by atoms with Crippen molar-refractivity contribution in [2.24, 2.45) is 0 Å². The van der Waals surface area contributed by atoms with Crippen LogP contribution in [0.2, 0.25) is 0 Å². The van der Waals surface area contributed by atoms with Crippen molar-refractivity contribution in [3.63, 3.8) is 0 Å². The molecular formula is C10H12FNO2. The molecule has 1 aromatic rings. The highest BCUT2D eigenvalue weighted by atomic mass is 19.1. The summed E-state index contributed by atoms with van der Waals surface area (Å²) in [5.74, 6) is -1.03. The second-order valence-corrected chi connectivity index (χ2v) is 2.91. The lowest BCUT2D eigenvalue weighted by Crippen LogP contribution is -2.27. The van der Waals surface area contributed by atoms with Crippen LogP contribution in [0.5, 0.6) is 0 Å². The number of aliphatic hydroxyl groups excluding tert-OH is 1. The molecule has 4 heteroatoms. The van der Waals surface area contributed by atoms with Crippen LogP contribution in [0.3, 0.4) is 0 Å². The van der Waals surface area contributed by atoms with E-state index in [1.807, 2.05) is 0 Å². The van der Waals surface area contributed by atoms with Gasteiger partial charge in [0.25, 0.3) is 5.91 Å². The van der Waals surface area contributed by atoms with E-state index in [1.165, 1.54) is 6.07 Å². The number of carbonyl (C=O) groups excluding carboxylic acids is 1. The quantitative estimate of drug-likeness (QED) is 0.755. The fourth-order valence-corrected chi connectivity index (χ4v) is 1.18. The van der Waals surface area contributed by atoms with E-state index in [4.69, 9.17) is 5.11 Å². The van der Waals surface area contributed by atoms with E-state index < -0.39 is 11.7 Å². The number of rotatable bonds is 3. The first-order valence-corrected chi connectivity index (χ1v) is 4.31. The average molecular weight is 197 g/mol. The summed E-state index contributed by atoms with van der Waals surface area (Å²) in [6.45, 7) is 1.64. The lowest BCUT2D eigenvalue weighted by atomic mass is 10.1. The van der Waals surface area contributed by atoms with Crippen LogP contribution in [0, 0.1) is 12.7 Å². The molecule has 0 saturated carbocycles. The van der Waals surface area contributed by atoms with Crippen LogP contribution in [-0.4, -0.2) is 24.2 Å². The Morgan fingerprint density at radius 1 is 1.57 bits per heavy atom. The highest BCUT2D eigenvalue weighted by molar-refractivity contribution is 5.95. The minimum absolute atomic E-state index is 0.0425. The van der Waals surface area contributed by atoms with E-state index in [0.717, 1.165) is 0 Å². The van der Waals surface area contributed by atoms with Crippen LogP contribution in [-0.2, 0) is 0 Å². The maximum atomic E-state index is 13.2. The van der Waals surface area contributed by atoms with Crippen molar-refractivity contribution in [2.45, 2.75) is 6.92 Å². The van der Waals surface area contributed by atoms with Crippen molar-refractivity contribution in [1.82, 2.24) is 5.32 Å². The number of hydrogen-bond donors (Lipinski definition) is 2. The van der Waals surface area contributed by atoms with Crippen LogP contribution in [0.1, 0.15) is 15.9 Å². The predicted octanol–water partition coefficient (Wildman–Crippen LogP) is 0.856. The van der Waals surface area contributed by atoms with Crippen LogP contribution < -0.4 is 5.32 Å². The van der Waals surface area contributed by atoms with Crippen LogP contribution in [0.15, 0.2) is 18.2 Å². The normalized spacial score (nSPS) is 9.93. The molecule has 0 unspecified atom stereocenters. The smallest absolute Gasteiger partial charge is 0.254 e. The minimum Gasteiger partial charge on any atom is -0.395 e. The van der Waals surface area contributed by atoms with Gasteiger partial charge >= 0.3 is 0 Å². The van der Waals surface area contributed by atoms with Gasteiger partial charge in [-0.1, -0.05) is 12.1 Å². The maximum Gasteiger partial charge on any atom is 0.254 e. The third kappa shape index (κ3) is 2.29. The van der Waals surface area contributed by atoms with E-state index in [9.17, 15) is 9.18 Å². The van der Waals surface area contributed by atoms with E-state index in [-0.39, 0.29) is 18.7 Å². The summed E-state index contributed by atoms with van der Waals surface area (Å²) in [6.07, 6.45) is 0. The topological polar surface area (TPSA) is 49.3 Å². The second-order valence-electron chi connectivity index (χ2n) is 2.91. The van der Waals surface area contributed by atoms with E-state index in [2.05, 4.69) is 5.32 Å². The van der Waals surface area contributed by atoms with Crippen molar-refractivity contribution >= 4 is 5.91 Å². The van der Waals surface area contributed by atoms with Crippen LogP contribution in [0.4, 0.5) is 4.39 Å². The van der Waals surface area contributed by atoms with Gasteiger partial charge in [0.15, 0.2) is 0 Å². The molecule has 76 valence electrons. The van der Waals surface area contributed by atoms with Gasteiger partial charge in [0.1, 0.15) is 5.82 Å². The zero-order valence-corrected chi connectivity index (χ0v) is 7.88. The number of amides is 1. The molecule has 0 bridgehead atoms. The fourth-order valence-electron chi connectivity index (χ4n) is 1.18. The van der Waals surface area contributed by atoms with Gasteiger partial charge in [0.05, 0.1) is 12.2 Å². The largest absolute Gasteiger partial charge is 0.395 e. The molecule has 0 aromatic heterocycles. The van der Waals surface area contributed by atoms with Gasteiger partial charge in [0, 0.05) is 6.54 Å². The van der Waals surface area contributed by atoms with E-state index in [1.54, 1.807) is 19.1 Å². The Kier molecular flexibility index (Phi) is 3.59. The molecule has 0 fully saturated rings. The summed E-state index contributed by atoms with van der Waals surface area (Å²) < 4.78 is 13.2. The number of aliphatic hydroxyl groups is 1. The fraction of sp³-hybridized carbons (Fsp3) is 0.300. The van der Waals surface area contributed by atoms with Crippen molar-refractivity contribution in [2.75, 3.05) is 13.2 Å². The van der Waals surface area contributed by atoms with Crippen molar-refractivity contribution in [3.8, 4) is 0 Å². The molecule has 14 heavy (non-hydrogen) atoms. The Bertz CT molecular complexity index is 319. The molecule has 0 spiro atoms. The Morgan fingerprint density at radius 3 is 2.86 bits per heavy atom. The van der Waals surface area contributed by atoms with Gasteiger partial charge in [-0.05, 0) is 18.6 Å². The Morgan fingerprint density at radius 2 is 2.29 bits per heavy atom. The molecule has 0 aliphatic rings. The van der Waals surface area contributed by atoms with Gasteiger partial charge in [-0.3, -0.25) is 4.79 Å². The molecule has 1 aromatic carbocycles. The predicted molar refractivity (Wildman–Crippen MR) is 50.6 cm³/mol. The molecule has 3 nitrogen and oxygen atoms in total. The summed E-state index contributed by atoms with van der Waals surface area (Å²) in [5.41, 5.74) is 0.626. The van der Waals surface area contributed by atoms with Gasteiger partial charge in [-0.25, -0.2) is 4.39 Å². The number of aryl methyl sites for hydroxylation is 1. The van der Waals surface area contributed by atoms with Crippen LogP contribution >= 0.6 is 0 Å². The highest BCUT2D eigenvalue weighted by Gasteiger charge is 2.12. The molecule has 0 saturated heterocycles. The second kappa shape index (κ2) is 4.72. The summed E-state index contributed by atoms with van der Waals surface area (Å²) in [4.78, 5) is 11.4. The molecular weight excluding hydrogens is 185 g/mol. The van der Waals surface area contributed by atoms with E-state index in [0.29, 0.717) is 5.56 Å². The van der Waals surface area contributed by atoms with Crippen molar-refractivity contribution in [3.05, 3.63) is 35.1 Å². The number of hydrogen-bond acceptors (Lipinski definition) is 2. The van der Waals surface area contributed by atoms with Gasteiger partial charge < -0.3 is 10.4 Å². The molecule has 0 atom stereocenters. The SMILES string of the molecule is Cc1cccc(F)c1C(=O)NCCO. The third-order valence-corrected chi connectivity index (χ3v) is 1.85. The number of halogens is 1. The van der Waals surface area contributed by atoms with Gasteiger partial charge in [-0.15, -0.1) is 0 Å². The van der Waals surface area contributed by atoms with Crippen molar-refractivity contribution < 1.29 is 14.3 Å². The van der Waals surface area contributed by atoms with Crippen molar-refractivity contribution in [1.29, 1.82) is 0 Å². The third-order valence-electron chi connectivity index (χ3n) is 1.85. The van der Waals surface area contributed by atoms with Gasteiger partial charge in [-0.2, -0.15) is 0 Å². The molecule has 0 heterocycles. The first-order chi connectivity index (χ1) is 6.66. The number of carbonyl (C=O) groups is 1. The molecule has 0 aliphatic carbocycles. The summed E-state index contributed by atoms with van der Waals surface area (Å²) in [6, 6.07) is 4.45. The van der Waals surface area contributed by atoms with E-state index >= 15 is 0 Å². The molecule has 2 N–H and O–H groups in total. The Labute approximate surface area is 81.6 Å². The molecule has 0 radical (unpaired) electrons. The average Bonchev–Trinajstić information content (AvgIpc) is 2.14.